The van der Waals surface area contributed by atoms with Crippen molar-refractivity contribution in [1.29, 1.82) is 0 Å². The van der Waals surface area contributed by atoms with Gasteiger partial charge in [0, 0.05) is 0 Å². The van der Waals surface area contributed by atoms with Crippen molar-refractivity contribution in [2.75, 3.05) is 0 Å². The lowest BCUT2D eigenvalue weighted by molar-refractivity contribution is -0.143. The van der Waals surface area contributed by atoms with Crippen molar-refractivity contribution in [1.82, 2.24) is 0 Å². The van der Waals surface area contributed by atoms with Crippen LogP contribution in [0, 0.1) is 0 Å². The first-order chi connectivity index (χ1) is 12.8. The van der Waals surface area contributed by atoms with E-state index in [0.717, 1.165) is 0 Å². The molecule has 0 aromatic rings. The van der Waals surface area contributed by atoms with Crippen LogP contribution in [0.3, 0.4) is 0 Å². The van der Waals surface area contributed by atoms with Gasteiger partial charge in [-0.05, 0) is 0 Å². The van der Waals surface area contributed by atoms with Gasteiger partial charge in [0.25, 0.3) is 0 Å². The summed E-state index contributed by atoms with van der Waals surface area (Å²) in [6.45, 7) is 4.36. The molecule has 14 heteroatoms. The highest BCUT2D eigenvalue weighted by Crippen LogP contribution is 1.87. The van der Waals surface area contributed by atoms with Gasteiger partial charge >= 0.3 is 35.8 Å². The van der Waals surface area contributed by atoms with E-state index in [0.29, 0.717) is 0 Å². The lowest BCUT2D eigenvalue weighted by Crippen LogP contribution is -2.00. The van der Waals surface area contributed by atoms with E-state index >= 15 is 0 Å². The van der Waals surface area contributed by atoms with Gasteiger partial charge in [0.2, 0.25) is 0 Å². The van der Waals surface area contributed by atoms with Crippen molar-refractivity contribution >= 4 is 55.6 Å². The maximum atomic E-state index is 9.64. The Kier molecular flexibility index (Phi) is 43.8. The number of carboxylic acid groups (broad SMARTS) is 6. The number of carboxylic acids is 6. The molecule has 180 valence electrons. The minimum absolute atomic E-state index is 0. The van der Waals surface area contributed by atoms with Gasteiger partial charge in [-0.1, -0.05) is 26.7 Å². The fraction of sp³-hybridized carbons (Fsp3) is 0.625. The molecule has 0 radical (unpaired) electrons. The smallest absolute Gasteiger partial charge is 0.303 e. The zero-order valence-electron chi connectivity index (χ0n) is 17.2. The summed E-state index contributed by atoms with van der Waals surface area (Å²) in [4.78, 5) is 57.8. The SMILES string of the molecule is CCCC.O=C(O)CCC(=O)O.O=C(O)CCC(=O)O.O=C(O)CCC(=O)O.P.P. The molecule has 0 aliphatic heterocycles. The second-order valence-electron chi connectivity index (χ2n) is 4.86. The number of hydrogen-bond donors (Lipinski definition) is 6. The normalized spacial score (nSPS) is 7.80. The molecule has 0 fully saturated rings. The highest BCUT2D eigenvalue weighted by atomic mass is 31.0. The Bertz CT molecular complexity index is 384. The van der Waals surface area contributed by atoms with Crippen LogP contribution in [0.25, 0.3) is 0 Å². The lowest BCUT2D eigenvalue weighted by Gasteiger charge is -1.85. The van der Waals surface area contributed by atoms with E-state index in [9.17, 15) is 28.8 Å². The molecule has 2 atom stereocenters. The molecule has 0 saturated carbocycles. The number of aliphatic carboxylic acids is 6. The molecule has 0 saturated heterocycles. The summed E-state index contributed by atoms with van der Waals surface area (Å²) in [5.74, 6) is -6.46. The van der Waals surface area contributed by atoms with Crippen molar-refractivity contribution in [2.24, 2.45) is 0 Å². The van der Waals surface area contributed by atoms with Crippen molar-refractivity contribution in [3.8, 4) is 0 Å². The van der Waals surface area contributed by atoms with E-state index in [1.807, 2.05) is 0 Å². The second kappa shape index (κ2) is 31.4. The molecule has 0 bridgehead atoms. The van der Waals surface area contributed by atoms with Crippen LogP contribution in [-0.2, 0) is 28.8 Å². The summed E-state index contributed by atoms with van der Waals surface area (Å²) in [6, 6.07) is 0. The first-order valence-corrected chi connectivity index (χ1v) is 8.10. The van der Waals surface area contributed by atoms with Crippen LogP contribution in [-0.4, -0.2) is 66.5 Å². The average molecular weight is 480 g/mol. The zero-order chi connectivity index (χ0) is 23.1. The summed E-state index contributed by atoms with van der Waals surface area (Å²) in [7, 11) is 0. The summed E-state index contributed by atoms with van der Waals surface area (Å²) in [5, 5.41) is 47.4. The molecular formula is C16H34O12P2. The first-order valence-electron chi connectivity index (χ1n) is 8.10. The largest absolute Gasteiger partial charge is 0.481 e. The first kappa shape index (κ1) is 41.9. The van der Waals surface area contributed by atoms with Crippen molar-refractivity contribution in [2.45, 2.75) is 65.2 Å². The molecule has 0 rings (SSSR count). The van der Waals surface area contributed by atoms with Gasteiger partial charge in [-0.2, -0.15) is 19.8 Å². The summed E-state index contributed by atoms with van der Waals surface area (Å²) < 4.78 is 0. The Morgan fingerprint density at radius 1 is 0.400 bits per heavy atom. The van der Waals surface area contributed by atoms with E-state index in [2.05, 4.69) is 13.8 Å². The maximum absolute atomic E-state index is 9.64. The van der Waals surface area contributed by atoms with Crippen LogP contribution in [0.1, 0.15) is 65.2 Å². The fourth-order valence-corrected chi connectivity index (χ4v) is 0.642. The second-order valence-corrected chi connectivity index (χ2v) is 4.86. The van der Waals surface area contributed by atoms with Crippen LogP contribution in [0.4, 0.5) is 0 Å². The molecule has 0 aromatic carbocycles. The molecular weight excluding hydrogens is 446 g/mol. The van der Waals surface area contributed by atoms with Crippen molar-refractivity contribution < 1.29 is 59.4 Å². The minimum atomic E-state index is -1.08. The molecule has 30 heavy (non-hydrogen) atoms. The topological polar surface area (TPSA) is 224 Å². The average Bonchev–Trinajstić information content (AvgIpc) is 2.57. The van der Waals surface area contributed by atoms with Gasteiger partial charge in [-0.25, -0.2) is 0 Å². The highest BCUT2D eigenvalue weighted by Gasteiger charge is 2.01. The third kappa shape index (κ3) is 83.6. The molecule has 0 aliphatic carbocycles. The minimum Gasteiger partial charge on any atom is -0.481 e. The Hall–Kier alpha value is -2.32. The van der Waals surface area contributed by atoms with E-state index in [4.69, 9.17) is 30.6 Å². The summed E-state index contributed by atoms with van der Waals surface area (Å²) in [6.07, 6.45) is 0.861. The molecule has 0 heterocycles. The highest BCUT2D eigenvalue weighted by molar-refractivity contribution is 6.92. The van der Waals surface area contributed by atoms with E-state index in [1.54, 1.807) is 0 Å². The third-order valence-corrected chi connectivity index (χ3v) is 2.16. The molecule has 0 aromatic heterocycles. The predicted octanol–water partition coefficient (Wildman–Crippen LogP) is 1.73. The van der Waals surface area contributed by atoms with Gasteiger partial charge in [0.15, 0.2) is 0 Å². The Balaban J connectivity index is -0.0000000642. The summed E-state index contributed by atoms with van der Waals surface area (Å²) in [5.41, 5.74) is 0. The van der Waals surface area contributed by atoms with Crippen molar-refractivity contribution in [3.63, 3.8) is 0 Å². The number of rotatable bonds is 10. The number of carbonyl (C=O) groups is 6. The Labute approximate surface area is 180 Å². The molecule has 0 spiro atoms. The maximum Gasteiger partial charge on any atom is 0.303 e. The monoisotopic (exact) mass is 480 g/mol. The van der Waals surface area contributed by atoms with Gasteiger partial charge < -0.3 is 30.6 Å². The van der Waals surface area contributed by atoms with Crippen LogP contribution in [0.15, 0.2) is 0 Å². The van der Waals surface area contributed by atoms with Crippen LogP contribution in [0.2, 0.25) is 0 Å². The quantitative estimate of drug-likeness (QED) is 0.246. The van der Waals surface area contributed by atoms with Gasteiger partial charge in [0.05, 0.1) is 38.5 Å². The number of unbranched alkanes of at least 4 members (excludes halogenated alkanes) is 1. The summed E-state index contributed by atoms with van der Waals surface area (Å²) >= 11 is 0. The van der Waals surface area contributed by atoms with Gasteiger partial charge in [-0.3, -0.25) is 28.8 Å². The number of hydrogen-bond acceptors (Lipinski definition) is 6. The molecule has 12 nitrogen and oxygen atoms in total. The Morgan fingerprint density at radius 2 is 0.500 bits per heavy atom. The van der Waals surface area contributed by atoms with E-state index in [1.165, 1.54) is 12.8 Å². The zero-order valence-corrected chi connectivity index (χ0v) is 20.0. The molecule has 2 unspecified atom stereocenters. The van der Waals surface area contributed by atoms with Gasteiger partial charge in [-0.15, -0.1) is 0 Å². The third-order valence-electron chi connectivity index (χ3n) is 2.16. The predicted molar refractivity (Wildman–Crippen MR) is 116 cm³/mol. The standard InChI is InChI=1S/3C4H6O4.C4H10.2H3P/c3*5-3(6)1-2-4(7)8;1-3-4-2;;/h3*1-2H2,(H,5,6)(H,7,8);3-4H2,1-2H3;2*1H3. The Morgan fingerprint density at radius 3 is 0.533 bits per heavy atom. The van der Waals surface area contributed by atoms with Crippen LogP contribution < -0.4 is 0 Å². The molecule has 6 N–H and O–H groups in total. The molecule has 0 aliphatic rings. The van der Waals surface area contributed by atoms with E-state index in [-0.39, 0.29) is 58.3 Å². The van der Waals surface area contributed by atoms with Crippen LogP contribution >= 0.6 is 19.8 Å². The van der Waals surface area contributed by atoms with Gasteiger partial charge in [0.1, 0.15) is 0 Å². The van der Waals surface area contributed by atoms with Crippen molar-refractivity contribution in [3.05, 3.63) is 0 Å². The van der Waals surface area contributed by atoms with Crippen LogP contribution in [0.5, 0.6) is 0 Å². The lowest BCUT2D eigenvalue weighted by atomic mass is 10.3. The molecule has 0 amide bonds. The fourth-order valence-electron chi connectivity index (χ4n) is 0.642. The van der Waals surface area contributed by atoms with E-state index < -0.39 is 35.8 Å².